The van der Waals surface area contributed by atoms with E-state index >= 15 is 0 Å². The Bertz CT molecular complexity index is 798. The van der Waals surface area contributed by atoms with Gasteiger partial charge in [0.2, 0.25) is 0 Å². The molecule has 1 aliphatic heterocycles. The van der Waals surface area contributed by atoms with E-state index < -0.39 is 0 Å². The molecular formula is C19H19ClN4. The summed E-state index contributed by atoms with van der Waals surface area (Å²) in [6.07, 6.45) is 5.92. The smallest absolute Gasteiger partial charge is 0.128 e. The van der Waals surface area contributed by atoms with Gasteiger partial charge in [-0.3, -0.25) is 0 Å². The van der Waals surface area contributed by atoms with E-state index in [9.17, 15) is 0 Å². The highest BCUT2D eigenvalue weighted by atomic mass is 35.5. The van der Waals surface area contributed by atoms with Crippen molar-refractivity contribution in [1.29, 1.82) is 0 Å². The van der Waals surface area contributed by atoms with Gasteiger partial charge in [0.25, 0.3) is 0 Å². The van der Waals surface area contributed by atoms with Crippen molar-refractivity contribution in [1.82, 2.24) is 15.0 Å². The number of rotatable bonds is 3. The minimum atomic E-state index is 0.397. The second-order valence-corrected chi connectivity index (χ2v) is 6.60. The van der Waals surface area contributed by atoms with Crippen LogP contribution in [0.2, 0.25) is 5.02 Å². The number of benzene rings is 1. The Balaban J connectivity index is 1.52. The fourth-order valence-corrected chi connectivity index (χ4v) is 3.38. The molecule has 1 aliphatic rings. The van der Waals surface area contributed by atoms with Gasteiger partial charge in [-0.15, -0.1) is 0 Å². The van der Waals surface area contributed by atoms with Crippen molar-refractivity contribution in [3.63, 3.8) is 0 Å². The van der Waals surface area contributed by atoms with Gasteiger partial charge < -0.3 is 9.88 Å². The third-order valence-electron chi connectivity index (χ3n) is 4.52. The maximum atomic E-state index is 5.94. The van der Waals surface area contributed by atoms with E-state index in [1.807, 2.05) is 36.5 Å². The zero-order valence-corrected chi connectivity index (χ0v) is 14.1. The molecule has 4 nitrogen and oxygen atoms in total. The Kier molecular flexibility index (Phi) is 4.22. The van der Waals surface area contributed by atoms with Crippen LogP contribution >= 0.6 is 11.6 Å². The van der Waals surface area contributed by atoms with Crippen molar-refractivity contribution in [2.45, 2.75) is 18.8 Å². The summed E-state index contributed by atoms with van der Waals surface area (Å²) in [5.41, 5.74) is 2.25. The van der Waals surface area contributed by atoms with Gasteiger partial charge in [-0.1, -0.05) is 41.9 Å². The van der Waals surface area contributed by atoms with Crippen molar-refractivity contribution in [3.8, 4) is 11.3 Å². The molecule has 5 heteroatoms. The quantitative estimate of drug-likeness (QED) is 0.764. The summed E-state index contributed by atoms with van der Waals surface area (Å²) in [6, 6.07) is 14.2. The van der Waals surface area contributed by atoms with Crippen LogP contribution in [0.1, 0.15) is 24.6 Å². The molecular weight excluding hydrogens is 320 g/mol. The summed E-state index contributed by atoms with van der Waals surface area (Å²) in [5.74, 6) is 2.44. The van der Waals surface area contributed by atoms with Gasteiger partial charge in [0.05, 0.1) is 16.9 Å². The lowest BCUT2D eigenvalue weighted by Crippen LogP contribution is -2.35. The number of nitrogens with zero attached hydrogens (tertiary/aromatic N) is 3. The summed E-state index contributed by atoms with van der Waals surface area (Å²) in [4.78, 5) is 14.9. The van der Waals surface area contributed by atoms with Gasteiger partial charge in [-0.25, -0.2) is 9.97 Å². The maximum Gasteiger partial charge on any atom is 0.128 e. The first-order valence-corrected chi connectivity index (χ1v) is 8.64. The second-order valence-electron chi connectivity index (χ2n) is 6.17. The average Bonchev–Trinajstić information content (AvgIpc) is 3.13. The Morgan fingerprint density at radius 2 is 1.92 bits per heavy atom. The van der Waals surface area contributed by atoms with Crippen LogP contribution in [0.4, 0.5) is 5.82 Å². The number of halogens is 1. The number of aromatic nitrogens is 3. The number of hydrogen-bond acceptors (Lipinski definition) is 3. The molecule has 3 aromatic rings. The predicted octanol–water partition coefficient (Wildman–Crippen LogP) is 4.51. The van der Waals surface area contributed by atoms with E-state index in [4.69, 9.17) is 11.6 Å². The van der Waals surface area contributed by atoms with Crippen LogP contribution in [0.5, 0.6) is 0 Å². The lowest BCUT2D eigenvalue weighted by Gasteiger charge is -2.32. The molecule has 1 aromatic carbocycles. The largest absolute Gasteiger partial charge is 0.356 e. The van der Waals surface area contributed by atoms with Crippen molar-refractivity contribution in [3.05, 3.63) is 65.7 Å². The highest BCUT2D eigenvalue weighted by Gasteiger charge is 2.24. The first-order chi connectivity index (χ1) is 11.8. The first-order valence-electron chi connectivity index (χ1n) is 8.26. The fraction of sp³-hybridized carbons (Fsp3) is 0.263. The van der Waals surface area contributed by atoms with Crippen LogP contribution in [-0.2, 0) is 0 Å². The van der Waals surface area contributed by atoms with Crippen LogP contribution in [0.3, 0.4) is 0 Å². The van der Waals surface area contributed by atoms with Crippen LogP contribution in [0, 0.1) is 0 Å². The highest BCUT2D eigenvalue weighted by molar-refractivity contribution is 6.30. The molecule has 24 heavy (non-hydrogen) atoms. The molecule has 0 saturated carbocycles. The van der Waals surface area contributed by atoms with Crippen LogP contribution in [0.25, 0.3) is 11.3 Å². The molecule has 1 saturated heterocycles. The molecule has 0 amide bonds. The summed E-state index contributed by atoms with van der Waals surface area (Å²) in [6.45, 7) is 1.95. The predicted molar refractivity (Wildman–Crippen MR) is 97.5 cm³/mol. The number of hydrogen-bond donors (Lipinski definition) is 1. The average molecular weight is 339 g/mol. The molecule has 122 valence electrons. The van der Waals surface area contributed by atoms with E-state index in [0.29, 0.717) is 10.9 Å². The summed E-state index contributed by atoms with van der Waals surface area (Å²) in [5, 5.41) is 0.672. The standard InChI is InChI=1S/C19H19ClN4/c20-16-8-9-18(21-11-16)24-10-4-7-15(13-24)19-22-12-17(23-19)14-5-2-1-3-6-14/h1-3,5-6,8-9,11-12,15H,4,7,10,13H2,(H,22,23). The van der Waals surface area contributed by atoms with Crippen molar-refractivity contribution >= 4 is 17.4 Å². The van der Waals surface area contributed by atoms with Crippen molar-refractivity contribution in [2.75, 3.05) is 18.0 Å². The number of piperidine rings is 1. The summed E-state index contributed by atoms with van der Waals surface area (Å²) < 4.78 is 0. The topological polar surface area (TPSA) is 44.8 Å². The summed E-state index contributed by atoms with van der Waals surface area (Å²) >= 11 is 5.94. The van der Waals surface area contributed by atoms with Crippen molar-refractivity contribution in [2.24, 2.45) is 0 Å². The molecule has 1 unspecified atom stereocenters. The number of pyridine rings is 1. The Morgan fingerprint density at radius 3 is 2.71 bits per heavy atom. The molecule has 3 heterocycles. The van der Waals surface area contributed by atoms with Gasteiger partial charge in [-0.05, 0) is 30.5 Å². The van der Waals surface area contributed by atoms with Crippen molar-refractivity contribution < 1.29 is 0 Å². The third-order valence-corrected chi connectivity index (χ3v) is 4.75. The number of nitrogens with one attached hydrogen (secondary N) is 1. The van der Waals surface area contributed by atoms with E-state index in [-0.39, 0.29) is 0 Å². The molecule has 0 aliphatic carbocycles. The van der Waals surface area contributed by atoms with Gasteiger partial charge in [-0.2, -0.15) is 0 Å². The minimum Gasteiger partial charge on any atom is -0.356 e. The molecule has 0 bridgehead atoms. The third kappa shape index (κ3) is 3.15. The van der Waals surface area contributed by atoms with E-state index in [1.165, 1.54) is 5.56 Å². The fourth-order valence-electron chi connectivity index (χ4n) is 3.27. The van der Waals surface area contributed by atoms with Crippen LogP contribution < -0.4 is 4.90 Å². The molecule has 4 rings (SSSR count). The zero-order valence-electron chi connectivity index (χ0n) is 13.3. The second kappa shape index (κ2) is 6.65. The van der Waals surface area contributed by atoms with Crippen LogP contribution in [0.15, 0.2) is 54.9 Å². The molecule has 1 N–H and O–H groups in total. The lowest BCUT2D eigenvalue weighted by molar-refractivity contribution is 0.492. The number of aromatic amines is 1. The lowest BCUT2D eigenvalue weighted by atomic mass is 9.97. The van der Waals surface area contributed by atoms with Gasteiger partial charge in [0.15, 0.2) is 0 Å². The zero-order chi connectivity index (χ0) is 16.4. The molecule has 1 atom stereocenters. The Hall–Kier alpha value is -2.33. The van der Waals surface area contributed by atoms with E-state index in [0.717, 1.165) is 43.3 Å². The maximum absolute atomic E-state index is 5.94. The van der Waals surface area contributed by atoms with E-state index in [2.05, 4.69) is 32.0 Å². The normalized spacial score (nSPS) is 17.9. The van der Waals surface area contributed by atoms with Gasteiger partial charge in [0.1, 0.15) is 11.6 Å². The number of H-pyrrole nitrogens is 1. The highest BCUT2D eigenvalue weighted by Crippen LogP contribution is 2.29. The molecule has 1 fully saturated rings. The minimum absolute atomic E-state index is 0.397. The molecule has 0 spiro atoms. The molecule has 2 aromatic heterocycles. The van der Waals surface area contributed by atoms with Gasteiger partial charge >= 0.3 is 0 Å². The summed E-state index contributed by atoms with van der Waals surface area (Å²) in [7, 11) is 0. The van der Waals surface area contributed by atoms with Crippen LogP contribution in [-0.4, -0.2) is 28.0 Å². The number of anilines is 1. The van der Waals surface area contributed by atoms with Gasteiger partial charge in [0, 0.05) is 25.2 Å². The SMILES string of the molecule is Clc1ccc(N2CCCC(c3ncc(-c4ccccc4)[nH]3)C2)nc1. The number of imidazole rings is 1. The van der Waals surface area contributed by atoms with E-state index in [1.54, 1.807) is 6.20 Å². The Morgan fingerprint density at radius 1 is 1.04 bits per heavy atom. The Labute approximate surface area is 146 Å². The monoisotopic (exact) mass is 338 g/mol. The first kappa shape index (κ1) is 15.2. The molecule has 0 radical (unpaired) electrons.